The lowest BCUT2D eigenvalue weighted by atomic mass is 9.92. The predicted octanol–water partition coefficient (Wildman–Crippen LogP) is 2.96. The van der Waals surface area contributed by atoms with Crippen LogP contribution in [0.25, 0.3) is 0 Å². The number of halogens is 2. The summed E-state index contributed by atoms with van der Waals surface area (Å²) in [5, 5.41) is 8.10. The maximum absolute atomic E-state index is 6.17. The van der Waals surface area contributed by atoms with Crippen LogP contribution in [0.1, 0.15) is 30.1 Å². The standard InChI is InChI=1S/C15H18ClN3O2.ClH/c1-20-15(6-8-17-9-7-15)14-18-13(19-21-14)10-11-4-2-3-5-12(11)16;/h2-5,17H,6-10H2,1H3;1H. The van der Waals surface area contributed by atoms with Crippen molar-refractivity contribution in [1.29, 1.82) is 0 Å². The van der Waals surface area contributed by atoms with E-state index >= 15 is 0 Å². The highest BCUT2D eigenvalue weighted by atomic mass is 35.5. The number of rotatable bonds is 4. The van der Waals surface area contributed by atoms with Crippen LogP contribution in [0.4, 0.5) is 0 Å². The summed E-state index contributed by atoms with van der Waals surface area (Å²) in [6.07, 6.45) is 2.22. The molecule has 0 bridgehead atoms. The van der Waals surface area contributed by atoms with E-state index in [2.05, 4.69) is 15.5 Å². The molecule has 22 heavy (non-hydrogen) atoms. The first-order chi connectivity index (χ1) is 10.2. The molecule has 0 radical (unpaired) electrons. The molecule has 7 heteroatoms. The van der Waals surface area contributed by atoms with Gasteiger partial charge in [0.1, 0.15) is 5.60 Å². The van der Waals surface area contributed by atoms with Crippen LogP contribution in [0.15, 0.2) is 28.8 Å². The van der Waals surface area contributed by atoms with Gasteiger partial charge in [0.15, 0.2) is 5.82 Å². The van der Waals surface area contributed by atoms with Crippen LogP contribution in [0.2, 0.25) is 5.02 Å². The summed E-state index contributed by atoms with van der Waals surface area (Å²) >= 11 is 6.17. The van der Waals surface area contributed by atoms with Crippen molar-refractivity contribution in [3.63, 3.8) is 0 Å². The molecule has 0 amide bonds. The topological polar surface area (TPSA) is 60.2 Å². The highest BCUT2D eigenvalue weighted by molar-refractivity contribution is 6.31. The SMILES string of the molecule is COC1(c2nc(Cc3ccccc3Cl)no2)CCNCC1.Cl. The average Bonchev–Trinajstić information content (AvgIpc) is 2.99. The Morgan fingerprint density at radius 1 is 1.32 bits per heavy atom. The summed E-state index contributed by atoms with van der Waals surface area (Å²) in [5.41, 5.74) is 0.528. The second-order valence-electron chi connectivity index (χ2n) is 5.23. The first-order valence-electron chi connectivity index (χ1n) is 7.06. The van der Waals surface area contributed by atoms with Gasteiger partial charge in [-0.15, -0.1) is 12.4 Å². The number of aromatic nitrogens is 2. The fraction of sp³-hybridized carbons (Fsp3) is 0.467. The number of hydrogen-bond acceptors (Lipinski definition) is 5. The molecule has 5 nitrogen and oxygen atoms in total. The molecule has 0 spiro atoms. The largest absolute Gasteiger partial charge is 0.368 e. The molecule has 0 unspecified atom stereocenters. The lowest BCUT2D eigenvalue weighted by molar-refractivity contribution is -0.0622. The molecular weight excluding hydrogens is 325 g/mol. The Labute approximate surface area is 140 Å². The van der Waals surface area contributed by atoms with E-state index < -0.39 is 5.60 Å². The summed E-state index contributed by atoms with van der Waals surface area (Å²) in [6, 6.07) is 7.68. The van der Waals surface area contributed by atoms with E-state index in [0.717, 1.165) is 31.5 Å². The molecule has 1 aromatic heterocycles. The summed E-state index contributed by atoms with van der Waals surface area (Å²) < 4.78 is 11.1. The van der Waals surface area contributed by atoms with Gasteiger partial charge >= 0.3 is 0 Å². The predicted molar refractivity (Wildman–Crippen MR) is 86.6 cm³/mol. The molecule has 120 valence electrons. The number of nitrogens with zero attached hydrogens (tertiary/aromatic N) is 2. The van der Waals surface area contributed by atoms with Crippen molar-refractivity contribution in [2.24, 2.45) is 0 Å². The molecule has 3 rings (SSSR count). The summed E-state index contributed by atoms with van der Waals surface area (Å²) in [7, 11) is 1.70. The van der Waals surface area contributed by atoms with Crippen molar-refractivity contribution in [2.45, 2.75) is 24.9 Å². The summed E-state index contributed by atoms with van der Waals surface area (Å²) in [6.45, 7) is 1.77. The third kappa shape index (κ3) is 3.43. The molecule has 1 N–H and O–H groups in total. The fourth-order valence-electron chi connectivity index (χ4n) is 2.66. The van der Waals surface area contributed by atoms with Crippen LogP contribution < -0.4 is 5.32 Å². The Kier molecular flexibility index (Phi) is 5.81. The van der Waals surface area contributed by atoms with E-state index in [4.69, 9.17) is 20.9 Å². The zero-order valence-electron chi connectivity index (χ0n) is 12.3. The maximum Gasteiger partial charge on any atom is 0.258 e. The lowest BCUT2D eigenvalue weighted by Crippen LogP contribution is -2.41. The van der Waals surface area contributed by atoms with Crippen LogP contribution in [-0.2, 0) is 16.8 Å². The Morgan fingerprint density at radius 2 is 2.05 bits per heavy atom. The van der Waals surface area contributed by atoms with Crippen LogP contribution in [0.5, 0.6) is 0 Å². The molecule has 0 saturated carbocycles. The van der Waals surface area contributed by atoms with E-state index in [1.807, 2.05) is 24.3 Å². The van der Waals surface area contributed by atoms with Gasteiger partial charge in [-0.1, -0.05) is 35.0 Å². The Bertz CT molecular complexity index is 612. The number of nitrogens with one attached hydrogen (secondary N) is 1. The molecule has 0 atom stereocenters. The second-order valence-corrected chi connectivity index (χ2v) is 5.64. The number of benzene rings is 1. The van der Waals surface area contributed by atoms with Gasteiger partial charge in [-0.3, -0.25) is 0 Å². The van der Waals surface area contributed by atoms with Crippen molar-refractivity contribution in [2.75, 3.05) is 20.2 Å². The third-order valence-corrected chi connectivity index (χ3v) is 4.33. The number of piperidine rings is 1. The van der Waals surface area contributed by atoms with Crippen molar-refractivity contribution >= 4 is 24.0 Å². The van der Waals surface area contributed by atoms with Crippen LogP contribution in [-0.4, -0.2) is 30.3 Å². The highest BCUT2D eigenvalue weighted by Crippen LogP contribution is 2.33. The van der Waals surface area contributed by atoms with E-state index in [-0.39, 0.29) is 12.4 Å². The smallest absolute Gasteiger partial charge is 0.258 e. The van der Waals surface area contributed by atoms with Crippen molar-refractivity contribution in [1.82, 2.24) is 15.5 Å². The number of ether oxygens (including phenoxy) is 1. The quantitative estimate of drug-likeness (QED) is 0.924. The second kappa shape index (κ2) is 7.42. The van der Waals surface area contributed by atoms with Crippen molar-refractivity contribution in [3.8, 4) is 0 Å². The minimum Gasteiger partial charge on any atom is -0.368 e. The number of methoxy groups -OCH3 is 1. The average molecular weight is 344 g/mol. The normalized spacial score (nSPS) is 17.0. The van der Waals surface area contributed by atoms with E-state index in [1.54, 1.807) is 7.11 Å². The molecule has 1 saturated heterocycles. The van der Waals surface area contributed by atoms with Gasteiger partial charge < -0.3 is 14.6 Å². The van der Waals surface area contributed by atoms with Gasteiger partial charge in [-0.25, -0.2) is 0 Å². The van der Waals surface area contributed by atoms with Crippen LogP contribution in [0, 0.1) is 0 Å². The zero-order valence-corrected chi connectivity index (χ0v) is 13.9. The maximum atomic E-state index is 6.17. The fourth-order valence-corrected chi connectivity index (χ4v) is 2.86. The minimum atomic E-state index is -0.461. The zero-order chi connectivity index (χ0) is 14.7. The molecule has 1 aliphatic heterocycles. The molecule has 1 fully saturated rings. The van der Waals surface area contributed by atoms with Gasteiger partial charge in [0.2, 0.25) is 0 Å². The van der Waals surface area contributed by atoms with Crippen LogP contribution >= 0.6 is 24.0 Å². The minimum absolute atomic E-state index is 0. The van der Waals surface area contributed by atoms with E-state index in [0.29, 0.717) is 23.2 Å². The van der Waals surface area contributed by atoms with Crippen LogP contribution in [0.3, 0.4) is 0 Å². The highest BCUT2D eigenvalue weighted by Gasteiger charge is 2.39. The Balaban J connectivity index is 0.00000176. The summed E-state index contributed by atoms with van der Waals surface area (Å²) in [4.78, 5) is 4.52. The third-order valence-electron chi connectivity index (χ3n) is 3.97. The lowest BCUT2D eigenvalue weighted by Gasteiger charge is -2.32. The van der Waals surface area contributed by atoms with Gasteiger partial charge in [0, 0.05) is 18.6 Å². The van der Waals surface area contributed by atoms with Gasteiger partial charge in [-0.05, 0) is 37.6 Å². The molecule has 0 aliphatic carbocycles. The van der Waals surface area contributed by atoms with Gasteiger partial charge in [-0.2, -0.15) is 4.98 Å². The molecule has 2 heterocycles. The molecule has 2 aromatic rings. The Morgan fingerprint density at radius 3 is 2.73 bits per heavy atom. The number of hydrogen-bond donors (Lipinski definition) is 1. The van der Waals surface area contributed by atoms with E-state index in [9.17, 15) is 0 Å². The van der Waals surface area contributed by atoms with Crippen molar-refractivity contribution in [3.05, 3.63) is 46.6 Å². The summed E-state index contributed by atoms with van der Waals surface area (Å²) in [5.74, 6) is 1.20. The monoisotopic (exact) mass is 343 g/mol. The van der Waals surface area contributed by atoms with Gasteiger partial charge in [0.25, 0.3) is 5.89 Å². The molecular formula is C15H19Cl2N3O2. The molecule has 1 aliphatic rings. The van der Waals surface area contributed by atoms with E-state index in [1.165, 1.54) is 0 Å². The Hall–Kier alpha value is -1.14. The van der Waals surface area contributed by atoms with Gasteiger partial charge in [0.05, 0.1) is 0 Å². The first-order valence-corrected chi connectivity index (χ1v) is 7.44. The first kappa shape index (κ1) is 17.2. The molecule has 1 aromatic carbocycles. The van der Waals surface area contributed by atoms with Crippen molar-refractivity contribution < 1.29 is 9.26 Å².